The summed E-state index contributed by atoms with van der Waals surface area (Å²) in [5.41, 5.74) is 0.997. The zero-order valence-corrected chi connectivity index (χ0v) is 14.5. The first-order chi connectivity index (χ1) is 12.3. The van der Waals surface area contributed by atoms with Crippen LogP contribution in [0, 0.1) is 0 Å². The van der Waals surface area contributed by atoms with Gasteiger partial charge in [0, 0.05) is 5.56 Å². The van der Waals surface area contributed by atoms with Crippen LogP contribution in [0.15, 0.2) is 34.9 Å². The maximum Gasteiger partial charge on any atom is 0.209 e. The number of oxazole rings is 1. The third-order valence-electron chi connectivity index (χ3n) is 4.89. The molecule has 4 rings (SSSR count). The van der Waals surface area contributed by atoms with E-state index in [-0.39, 0.29) is 12.3 Å². The van der Waals surface area contributed by atoms with Crippen molar-refractivity contribution >= 4 is 0 Å². The van der Waals surface area contributed by atoms with Crippen LogP contribution < -0.4 is 4.74 Å². The molecular weight excluding hydrogens is 320 g/mol. The van der Waals surface area contributed by atoms with Crippen molar-refractivity contribution in [3.8, 4) is 17.1 Å². The summed E-state index contributed by atoms with van der Waals surface area (Å²) < 4.78 is 22.6. The largest absolute Gasteiger partial charge is 0.497 e. The molecular formula is C19H24N2O4. The van der Waals surface area contributed by atoms with Crippen molar-refractivity contribution < 1.29 is 18.6 Å². The van der Waals surface area contributed by atoms with Crippen molar-refractivity contribution in [1.82, 2.24) is 9.88 Å². The van der Waals surface area contributed by atoms with Gasteiger partial charge < -0.3 is 18.6 Å². The molecule has 1 aromatic heterocycles. The molecule has 0 spiro atoms. The Kier molecular flexibility index (Phi) is 5.01. The van der Waals surface area contributed by atoms with Gasteiger partial charge in [-0.05, 0) is 43.7 Å². The number of rotatable bonds is 5. The number of hydrogen-bond donors (Lipinski definition) is 0. The van der Waals surface area contributed by atoms with E-state index >= 15 is 0 Å². The number of aromatic nitrogens is 1. The van der Waals surface area contributed by atoms with E-state index in [9.17, 15) is 0 Å². The molecule has 1 aromatic carbocycles. The number of hydrogen-bond acceptors (Lipinski definition) is 6. The fourth-order valence-corrected chi connectivity index (χ4v) is 3.57. The Bertz CT molecular complexity index is 679. The van der Waals surface area contributed by atoms with Crippen LogP contribution in [0.1, 0.15) is 25.2 Å². The summed E-state index contributed by atoms with van der Waals surface area (Å²) in [6.45, 7) is 3.09. The molecule has 0 saturated carbocycles. The first-order valence-corrected chi connectivity index (χ1v) is 8.90. The highest BCUT2D eigenvalue weighted by atomic mass is 16.7. The van der Waals surface area contributed by atoms with Gasteiger partial charge in [-0.1, -0.05) is 6.42 Å². The predicted molar refractivity (Wildman–Crippen MR) is 92.2 cm³/mol. The second-order valence-corrected chi connectivity index (χ2v) is 6.49. The van der Waals surface area contributed by atoms with Crippen molar-refractivity contribution in [3.05, 3.63) is 36.4 Å². The van der Waals surface area contributed by atoms with E-state index in [0.717, 1.165) is 35.9 Å². The van der Waals surface area contributed by atoms with E-state index < -0.39 is 0 Å². The molecule has 0 amide bonds. The number of likely N-dealkylation sites (tertiary alicyclic amines) is 1. The third-order valence-corrected chi connectivity index (χ3v) is 4.89. The van der Waals surface area contributed by atoms with Gasteiger partial charge in [0.25, 0.3) is 0 Å². The quantitative estimate of drug-likeness (QED) is 0.831. The molecule has 2 aliphatic rings. The maximum atomic E-state index is 5.98. The summed E-state index contributed by atoms with van der Waals surface area (Å²) in [6.07, 6.45) is 5.17. The first kappa shape index (κ1) is 16.6. The van der Waals surface area contributed by atoms with Gasteiger partial charge in [-0.2, -0.15) is 0 Å². The van der Waals surface area contributed by atoms with Gasteiger partial charge in [-0.15, -0.1) is 0 Å². The number of methoxy groups -OCH3 is 1. The van der Waals surface area contributed by atoms with Gasteiger partial charge in [-0.3, -0.25) is 4.90 Å². The zero-order valence-electron chi connectivity index (χ0n) is 14.5. The molecule has 0 aliphatic carbocycles. The Morgan fingerprint density at radius 2 is 1.96 bits per heavy atom. The molecule has 2 saturated heterocycles. The molecule has 1 atom stereocenters. The normalized spacial score (nSPS) is 22.4. The highest BCUT2D eigenvalue weighted by Crippen LogP contribution is 2.27. The number of nitrogens with zero attached hydrogens (tertiary/aromatic N) is 2. The van der Waals surface area contributed by atoms with Gasteiger partial charge in [0.05, 0.1) is 39.1 Å². The average Bonchev–Trinajstić information content (AvgIpc) is 3.34. The highest BCUT2D eigenvalue weighted by molar-refractivity contribution is 5.57. The lowest BCUT2D eigenvalue weighted by molar-refractivity contribution is -0.112. The summed E-state index contributed by atoms with van der Waals surface area (Å²) in [6, 6.07) is 8.09. The van der Waals surface area contributed by atoms with E-state index in [1.165, 1.54) is 12.8 Å². The Balaban J connectivity index is 1.45. The minimum absolute atomic E-state index is 0.115. The Morgan fingerprint density at radius 1 is 1.16 bits per heavy atom. The summed E-state index contributed by atoms with van der Waals surface area (Å²) in [5.74, 6) is 2.34. The molecule has 3 heterocycles. The van der Waals surface area contributed by atoms with E-state index in [1.807, 2.05) is 24.3 Å². The van der Waals surface area contributed by atoms with Crippen LogP contribution in [-0.4, -0.2) is 49.1 Å². The van der Waals surface area contributed by atoms with E-state index in [0.29, 0.717) is 19.8 Å². The summed E-state index contributed by atoms with van der Waals surface area (Å²) >= 11 is 0. The van der Waals surface area contributed by atoms with Gasteiger partial charge >= 0.3 is 0 Å². The predicted octanol–water partition coefficient (Wildman–Crippen LogP) is 3.08. The van der Waals surface area contributed by atoms with Crippen LogP contribution in [0.2, 0.25) is 0 Å². The second kappa shape index (κ2) is 7.56. The topological polar surface area (TPSA) is 57.0 Å². The number of piperidine rings is 1. The first-order valence-electron chi connectivity index (χ1n) is 8.90. The molecule has 0 radical (unpaired) electrons. The van der Waals surface area contributed by atoms with Crippen LogP contribution in [0.3, 0.4) is 0 Å². The minimum atomic E-state index is -0.115. The Morgan fingerprint density at radius 3 is 2.72 bits per heavy atom. The monoisotopic (exact) mass is 344 g/mol. The summed E-state index contributed by atoms with van der Waals surface area (Å²) in [4.78, 5) is 6.85. The molecule has 2 fully saturated rings. The molecule has 134 valence electrons. The summed E-state index contributed by atoms with van der Waals surface area (Å²) in [7, 11) is 1.66. The van der Waals surface area contributed by atoms with Crippen LogP contribution in [-0.2, 0) is 16.0 Å². The van der Waals surface area contributed by atoms with Gasteiger partial charge in [-0.25, -0.2) is 4.98 Å². The lowest BCUT2D eigenvalue weighted by Crippen LogP contribution is -2.46. The molecule has 0 N–H and O–H groups in total. The fraction of sp³-hybridized carbons (Fsp3) is 0.526. The molecule has 1 unspecified atom stereocenters. The van der Waals surface area contributed by atoms with Crippen LogP contribution >= 0.6 is 0 Å². The standard InChI is InChI=1S/C19H24N2O4/c1-22-15-7-5-14(6-8-15)17-12-20-18(25-17)13-21-9-3-2-4-16(21)19-23-10-11-24-19/h5-8,12,16,19H,2-4,9-11,13H2,1H3. The fourth-order valence-electron chi connectivity index (χ4n) is 3.57. The smallest absolute Gasteiger partial charge is 0.209 e. The van der Waals surface area contributed by atoms with Crippen molar-refractivity contribution in [2.24, 2.45) is 0 Å². The van der Waals surface area contributed by atoms with E-state index in [1.54, 1.807) is 13.3 Å². The molecule has 2 aromatic rings. The van der Waals surface area contributed by atoms with Crippen LogP contribution in [0.4, 0.5) is 0 Å². The maximum absolute atomic E-state index is 5.98. The molecule has 0 bridgehead atoms. The number of benzene rings is 1. The second-order valence-electron chi connectivity index (χ2n) is 6.49. The summed E-state index contributed by atoms with van der Waals surface area (Å²) in [5, 5.41) is 0. The third kappa shape index (κ3) is 3.71. The Hall–Kier alpha value is -1.89. The van der Waals surface area contributed by atoms with Crippen molar-refractivity contribution in [2.45, 2.75) is 38.1 Å². The van der Waals surface area contributed by atoms with Crippen molar-refractivity contribution in [1.29, 1.82) is 0 Å². The van der Waals surface area contributed by atoms with Gasteiger partial charge in [0.2, 0.25) is 5.89 Å². The molecule has 2 aliphatic heterocycles. The highest BCUT2D eigenvalue weighted by Gasteiger charge is 2.34. The van der Waals surface area contributed by atoms with Gasteiger partial charge in [0.15, 0.2) is 12.1 Å². The van der Waals surface area contributed by atoms with Crippen molar-refractivity contribution in [2.75, 3.05) is 26.9 Å². The SMILES string of the molecule is COc1ccc(-c2cnc(CN3CCCCC3C3OCCO3)o2)cc1. The van der Waals surface area contributed by atoms with Crippen LogP contribution in [0.25, 0.3) is 11.3 Å². The molecule has 6 nitrogen and oxygen atoms in total. The minimum Gasteiger partial charge on any atom is -0.497 e. The molecule has 6 heteroatoms. The van der Waals surface area contributed by atoms with Crippen molar-refractivity contribution in [3.63, 3.8) is 0 Å². The average molecular weight is 344 g/mol. The van der Waals surface area contributed by atoms with Crippen LogP contribution in [0.5, 0.6) is 5.75 Å². The Labute approximate surface area is 147 Å². The number of ether oxygens (including phenoxy) is 3. The van der Waals surface area contributed by atoms with E-state index in [2.05, 4.69) is 9.88 Å². The zero-order chi connectivity index (χ0) is 17.1. The van der Waals surface area contributed by atoms with E-state index in [4.69, 9.17) is 18.6 Å². The molecule has 25 heavy (non-hydrogen) atoms. The lowest BCUT2D eigenvalue weighted by atomic mass is 10.0. The lowest BCUT2D eigenvalue weighted by Gasteiger charge is -2.37. The van der Waals surface area contributed by atoms with Gasteiger partial charge in [0.1, 0.15) is 5.75 Å².